The quantitative estimate of drug-likeness (QED) is 0.729. The van der Waals surface area contributed by atoms with Crippen LogP contribution in [0.25, 0.3) is 0 Å². The van der Waals surface area contributed by atoms with E-state index in [9.17, 15) is 9.59 Å². The number of nitrogens with zero attached hydrogens (tertiary/aromatic N) is 2. The fourth-order valence-electron chi connectivity index (χ4n) is 1.10. The minimum atomic E-state index is -0.327. The van der Waals surface area contributed by atoms with Crippen molar-refractivity contribution in [3.05, 3.63) is 0 Å². The maximum Gasteiger partial charge on any atom is 0.230 e. The summed E-state index contributed by atoms with van der Waals surface area (Å²) in [6.07, 6.45) is 0.928. The van der Waals surface area contributed by atoms with Gasteiger partial charge in [0.1, 0.15) is 5.78 Å². The largest absolute Gasteiger partial charge is 0.355 e. The Morgan fingerprint density at radius 2 is 1.71 bits per heavy atom. The first kappa shape index (κ1) is 18.4. The van der Waals surface area contributed by atoms with Crippen molar-refractivity contribution in [2.24, 2.45) is 5.41 Å². The summed E-state index contributed by atoms with van der Waals surface area (Å²) in [5.74, 6) is 0.949. The molecule has 1 amide bonds. The zero-order valence-corrected chi connectivity index (χ0v) is 15.2. The first-order valence-corrected chi connectivity index (χ1v) is 9.50. The molecule has 5 nitrogen and oxygen atoms in total. The van der Waals surface area contributed by atoms with Crippen LogP contribution in [0.3, 0.4) is 0 Å². The number of carbonyl (C=O) groups excluding carboxylic acids is 2. The lowest BCUT2D eigenvalue weighted by atomic mass is 9.92. The van der Waals surface area contributed by atoms with Gasteiger partial charge in [0.2, 0.25) is 5.91 Å². The Bertz CT molecular complexity index is 483. The van der Waals surface area contributed by atoms with E-state index in [0.717, 1.165) is 15.1 Å². The van der Waals surface area contributed by atoms with E-state index in [1.54, 1.807) is 0 Å². The summed E-state index contributed by atoms with van der Waals surface area (Å²) < 4.78 is 1.52. The molecule has 0 aliphatic carbocycles. The number of Topliss-reactive ketones (excluding diaryl/α,β-unsaturated/α-hetero) is 1. The fourth-order valence-corrected chi connectivity index (χ4v) is 4.11. The molecule has 0 unspecified atom stereocenters. The molecule has 118 valence electrons. The third-order valence-corrected chi connectivity index (χ3v) is 5.64. The number of aromatic nitrogens is 2. The van der Waals surface area contributed by atoms with Gasteiger partial charge in [-0.15, -0.1) is 10.2 Å². The molecule has 8 heteroatoms. The molecule has 0 aromatic carbocycles. The molecule has 0 atom stereocenters. The fraction of sp³-hybridized carbons (Fsp3) is 0.692. The third kappa shape index (κ3) is 7.28. The summed E-state index contributed by atoms with van der Waals surface area (Å²) in [7, 11) is 0. The second-order valence-electron chi connectivity index (χ2n) is 5.43. The van der Waals surface area contributed by atoms with Gasteiger partial charge in [0, 0.05) is 12.0 Å². The topological polar surface area (TPSA) is 72.0 Å². The highest BCUT2D eigenvalue weighted by atomic mass is 32.2. The van der Waals surface area contributed by atoms with Gasteiger partial charge in [-0.3, -0.25) is 9.59 Å². The summed E-state index contributed by atoms with van der Waals surface area (Å²) >= 11 is 4.20. The molecule has 1 aromatic rings. The van der Waals surface area contributed by atoms with E-state index in [-0.39, 0.29) is 17.1 Å². The van der Waals surface area contributed by atoms with Crippen LogP contribution in [0.5, 0.6) is 0 Å². The molecule has 0 aliphatic heterocycles. The highest BCUT2D eigenvalue weighted by molar-refractivity contribution is 8.03. The lowest BCUT2D eigenvalue weighted by Gasteiger charge is -2.15. The smallest absolute Gasteiger partial charge is 0.230 e. The van der Waals surface area contributed by atoms with E-state index < -0.39 is 0 Å². The van der Waals surface area contributed by atoms with E-state index >= 15 is 0 Å². The predicted octanol–water partition coefficient (Wildman–Crippen LogP) is 2.86. The van der Waals surface area contributed by atoms with E-state index in [2.05, 4.69) is 15.5 Å². The number of nitrogens with one attached hydrogen (secondary N) is 1. The molecule has 0 aliphatic rings. The maximum absolute atomic E-state index is 11.8. The van der Waals surface area contributed by atoms with Crippen molar-refractivity contribution < 1.29 is 9.59 Å². The minimum absolute atomic E-state index is 0.00848. The minimum Gasteiger partial charge on any atom is -0.355 e. The number of hydrogen-bond donors (Lipinski definition) is 1. The summed E-state index contributed by atoms with van der Waals surface area (Å²) in [6, 6.07) is 0. The van der Waals surface area contributed by atoms with Gasteiger partial charge in [0.25, 0.3) is 0 Å². The van der Waals surface area contributed by atoms with Crippen LogP contribution < -0.4 is 5.32 Å². The summed E-state index contributed by atoms with van der Waals surface area (Å²) in [4.78, 5) is 23.3. The predicted molar refractivity (Wildman–Crippen MR) is 89.1 cm³/mol. The van der Waals surface area contributed by atoms with Crippen LogP contribution in [-0.2, 0) is 9.59 Å². The molecule has 1 rings (SSSR count). The van der Waals surface area contributed by atoms with E-state index in [0.29, 0.717) is 18.1 Å². The van der Waals surface area contributed by atoms with Crippen LogP contribution in [0.4, 0.5) is 0 Å². The molecular weight excluding hydrogens is 326 g/mol. The molecule has 0 saturated carbocycles. The molecule has 0 saturated heterocycles. The molecule has 1 aromatic heterocycles. The number of rotatable bonds is 8. The Morgan fingerprint density at radius 1 is 1.14 bits per heavy atom. The Hall–Kier alpha value is -0.600. The van der Waals surface area contributed by atoms with Gasteiger partial charge in [-0.1, -0.05) is 62.6 Å². The Kier molecular flexibility index (Phi) is 7.69. The number of hydrogen-bond acceptors (Lipinski definition) is 7. The van der Waals surface area contributed by atoms with Crippen molar-refractivity contribution in [3.8, 4) is 0 Å². The Morgan fingerprint density at radius 3 is 2.24 bits per heavy atom. The average molecular weight is 348 g/mol. The first-order chi connectivity index (χ1) is 9.82. The molecule has 0 spiro atoms. The monoisotopic (exact) mass is 347 g/mol. The van der Waals surface area contributed by atoms with Gasteiger partial charge in [0.15, 0.2) is 8.68 Å². The van der Waals surface area contributed by atoms with E-state index in [1.165, 1.54) is 34.9 Å². The molecule has 0 radical (unpaired) electrons. The van der Waals surface area contributed by atoms with Crippen molar-refractivity contribution in [1.82, 2.24) is 15.5 Å². The number of ketones is 1. The SMILES string of the molecule is CCCNC(=O)CSc1nnc(SCC(=O)C(C)(C)C)s1. The van der Waals surface area contributed by atoms with Gasteiger partial charge in [-0.2, -0.15) is 0 Å². The zero-order valence-electron chi connectivity index (χ0n) is 12.8. The molecule has 1 heterocycles. The first-order valence-electron chi connectivity index (χ1n) is 6.72. The second kappa shape index (κ2) is 8.75. The third-order valence-electron chi connectivity index (χ3n) is 2.45. The number of carbonyl (C=O) groups is 2. The standard InChI is InChI=1S/C13H21N3O2S3/c1-5-6-14-10(18)8-20-12-16-15-11(21-12)19-7-9(17)13(2,3)4/h5-8H2,1-4H3,(H,14,18). The summed E-state index contributed by atoms with van der Waals surface area (Å²) in [6.45, 7) is 8.44. The Balaban J connectivity index is 2.36. The molecule has 1 N–H and O–H groups in total. The van der Waals surface area contributed by atoms with Crippen LogP contribution in [0.15, 0.2) is 8.68 Å². The van der Waals surface area contributed by atoms with Crippen LogP contribution >= 0.6 is 34.9 Å². The summed E-state index contributed by atoms with van der Waals surface area (Å²) in [5, 5.41) is 10.9. The highest BCUT2D eigenvalue weighted by Crippen LogP contribution is 2.30. The highest BCUT2D eigenvalue weighted by Gasteiger charge is 2.21. The normalized spacial score (nSPS) is 11.4. The lowest BCUT2D eigenvalue weighted by molar-refractivity contribution is -0.123. The number of amides is 1. The van der Waals surface area contributed by atoms with Gasteiger partial charge in [-0.05, 0) is 6.42 Å². The van der Waals surface area contributed by atoms with Crippen molar-refractivity contribution in [2.75, 3.05) is 18.1 Å². The number of thioether (sulfide) groups is 2. The van der Waals surface area contributed by atoms with Gasteiger partial charge in [-0.25, -0.2) is 0 Å². The summed E-state index contributed by atoms with van der Waals surface area (Å²) in [5.41, 5.74) is -0.327. The zero-order chi connectivity index (χ0) is 15.9. The van der Waals surface area contributed by atoms with Gasteiger partial charge >= 0.3 is 0 Å². The van der Waals surface area contributed by atoms with Crippen molar-refractivity contribution in [2.45, 2.75) is 42.8 Å². The van der Waals surface area contributed by atoms with E-state index in [1.807, 2.05) is 27.7 Å². The van der Waals surface area contributed by atoms with Crippen LogP contribution in [-0.4, -0.2) is 39.9 Å². The Labute approximate surface area is 138 Å². The molecule has 0 fully saturated rings. The maximum atomic E-state index is 11.8. The lowest BCUT2D eigenvalue weighted by Crippen LogP contribution is -2.25. The van der Waals surface area contributed by atoms with Crippen molar-refractivity contribution in [3.63, 3.8) is 0 Å². The molecule has 0 bridgehead atoms. The van der Waals surface area contributed by atoms with Crippen LogP contribution in [0.2, 0.25) is 0 Å². The van der Waals surface area contributed by atoms with Gasteiger partial charge < -0.3 is 5.32 Å². The van der Waals surface area contributed by atoms with Crippen LogP contribution in [0, 0.1) is 5.41 Å². The molecule has 21 heavy (non-hydrogen) atoms. The van der Waals surface area contributed by atoms with E-state index in [4.69, 9.17) is 0 Å². The average Bonchev–Trinajstić information content (AvgIpc) is 2.87. The molecular formula is C13H21N3O2S3. The van der Waals surface area contributed by atoms with Gasteiger partial charge in [0.05, 0.1) is 11.5 Å². The second-order valence-corrected chi connectivity index (χ2v) is 8.86. The van der Waals surface area contributed by atoms with Crippen LogP contribution in [0.1, 0.15) is 34.1 Å². The van der Waals surface area contributed by atoms with Crippen molar-refractivity contribution in [1.29, 1.82) is 0 Å². The van der Waals surface area contributed by atoms with Crippen molar-refractivity contribution >= 4 is 46.6 Å².